The molecule has 4 heteroatoms. The van der Waals surface area contributed by atoms with E-state index in [4.69, 9.17) is 4.74 Å². The van der Waals surface area contributed by atoms with Crippen LogP contribution in [0, 0.1) is 12.8 Å². The molecule has 1 heterocycles. The molecule has 1 amide bonds. The Labute approximate surface area is 136 Å². The summed E-state index contributed by atoms with van der Waals surface area (Å²) in [4.78, 5) is 12.4. The quantitative estimate of drug-likeness (QED) is 0.905. The Kier molecular flexibility index (Phi) is 4.93. The summed E-state index contributed by atoms with van der Waals surface area (Å²) < 4.78 is 5.95. The smallest absolute Gasteiger partial charge is 0.228 e. The van der Waals surface area contributed by atoms with Crippen molar-refractivity contribution in [2.75, 3.05) is 18.4 Å². The van der Waals surface area contributed by atoms with Crippen LogP contribution in [0.15, 0.2) is 48.5 Å². The Balaban J connectivity index is 1.73. The van der Waals surface area contributed by atoms with E-state index in [1.807, 2.05) is 55.5 Å². The van der Waals surface area contributed by atoms with E-state index in [1.165, 1.54) is 0 Å². The number of amides is 1. The molecular formula is C19H22N2O2. The van der Waals surface area contributed by atoms with Crippen LogP contribution in [0.5, 0.6) is 11.5 Å². The fourth-order valence-electron chi connectivity index (χ4n) is 2.78. The van der Waals surface area contributed by atoms with Crippen molar-refractivity contribution >= 4 is 11.6 Å². The van der Waals surface area contributed by atoms with E-state index in [1.54, 1.807) is 0 Å². The number of para-hydroxylation sites is 2. The van der Waals surface area contributed by atoms with Gasteiger partial charge in [0.25, 0.3) is 0 Å². The number of rotatable bonds is 4. The van der Waals surface area contributed by atoms with Crippen LogP contribution < -0.4 is 15.4 Å². The summed E-state index contributed by atoms with van der Waals surface area (Å²) in [5.41, 5.74) is 1.85. The fourth-order valence-corrected chi connectivity index (χ4v) is 2.78. The number of hydrogen-bond donors (Lipinski definition) is 2. The normalized spacial score (nSPS) is 17.5. The molecule has 3 rings (SSSR count). The molecule has 1 fully saturated rings. The van der Waals surface area contributed by atoms with Gasteiger partial charge in [-0.1, -0.05) is 24.3 Å². The topological polar surface area (TPSA) is 50.4 Å². The first-order valence-electron chi connectivity index (χ1n) is 8.07. The van der Waals surface area contributed by atoms with Crippen molar-refractivity contribution in [1.82, 2.24) is 5.32 Å². The molecule has 23 heavy (non-hydrogen) atoms. The Hall–Kier alpha value is -2.33. The minimum Gasteiger partial charge on any atom is -0.455 e. The number of benzene rings is 2. The number of carbonyl (C=O) groups excluding carboxylic acids is 1. The Morgan fingerprint density at radius 1 is 1.22 bits per heavy atom. The molecule has 2 aromatic carbocycles. The molecule has 120 valence electrons. The number of aryl methyl sites for hydroxylation is 1. The lowest BCUT2D eigenvalue weighted by Gasteiger charge is -2.22. The predicted octanol–water partition coefficient (Wildman–Crippen LogP) is 3.73. The summed E-state index contributed by atoms with van der Waals surface area (Å²) in [6, 6.07) is 15.4. The monoisotopic (exact) mass is 310 g/mol. The van der Waals surface area contributed by atoms with Crippen molar-refractivity contribution in [3.8, 4) is 11.5 Å². The molecule has 0 spiro atoms. The van der Waals surface area contributed by atoms with E-state index in [-0.39, 0.29) is 11.8 Å². The predicted molar refractivity (Wildman–Crippen MR) is 91.9 cm³/mol. The number of nitrogens with one attached hydrogen (secondary N) is 2. The Morgan fingerprint density at radius 2 is 2.09 bits per heavy atom. The maximum Gasteiger partial charge on any atom is 0.228 e. The first kappa shape index (κ1) is 15.6. The van der Waals surface area contributed by atoms with Gasteiger partial charge in [-0.3, -0.25) is 4.79 Å². The van der Waals surface area contributed by atoms with Gasteiger partial charge < -0.3 is 15.4 Å². The molecule has 1 aliphatic rings. The van der Waals surface area contributed by atoms with Crippen molar-refractivity contribution in [2.45, 2.75) is 19.8 Å². The first-order chi connectivity index (χ1) is 11.2. The molecule has 0 saturated carbocycles. The highest BCUT2D eigenvalue weighted by molar-refractivity contribution is 5.94. The van der Waals surface area contributed by atoms with Crippen molar-refractivity contribution in [1.29, 1.82) is 0 Å². The number of carbonyl (C=O) groups is 1. The van der Waals surface area contributed by atoms with Gasteiger partial charge in [0.2, 0.25) is 5.91 Å². The number of piperidine rings is 1. The molecule has 2 N–H and O–H groups in total. The molecule has 0 aliphatic carbocycles. The third-order valence-corrected chi connectivity index (χ3v) is 4.03. The average molecular weight is 310 g/mol. The second-order valence-electron chi connectivity index (χ2n) is 5.95. The molecule has 1 saturated heterocycles. The zero-order chi connectivity index (χ0) is 16.1. The summed E-state index contributed by atoms with van der Waals surface area (Å²) in [5, 5.41) is 6.28. The van der Waals surface area contributed by atoms with Gasteiger partial charge in [-0.15, -0.1) is 0 Å². The molecule has 0 aromatic heterocycles. The van der Waals surface area contributed by atoms with E-state index in [0.717, 1.165) is 37.2 Å². The van der Waals surface area contributed by atoms with E-state index >= 15 is 0 Å². The zero-order valence-electron chi connectivity index (χ0n) is 13.3. The standard InChI is InChI=1S/C19H22N2O2/c1-14-6-4-8-16(12-14)23-18-10-3-2-9-17(18)21-19(22)15-7-5-11-20-13-15/h2-4,6,8-10,12,15,20H,5,7,11,13H2,1H3,(H,21,22). The fraction of sp³-hybridized carbons (Fsp3) is 0.316. The molecule has 1 aliphatic heterocycles. The highest BCUT2D eigenvalue weighted by atomic mass is 16.5. The number of anilines is 1. The Morgan fingerprint density at radius 3 is 2.87 bits per heavy atom. The van der Waals surface area contributed by atoms with Crippen molar-refractivity contribution in [3.05, 3.63) is 54.1 Å². The van der Waals surface area contributed by atoms with Gasteiger partial charge >= 0.3 is 0 Å². The molecule has 0 radical (unpaired) electrons. The lowest BCUT2D eigenvalue weighted by molar-refractivity contribution is -0.120. The van der Waals surface area contributed by atoms with Crippen LogP contribution in [0.4, 0.5) is 5.69 Å². The lowest BCUT2D eigenvalue weighted by Crippen LogP contribution is -2.37. The van der Waals surface area contributed by atoms with Gasteiger partial charge in [-0.25, -0.2) is 0 Å². The molecule has 4 nitrogen and oxygen atoms in total. The maximum atomic E-state index is 12.4. The lowest BCUT2D eigenvalue weighted by atomic mass is 9.99. The van der Waals surface area contributed by atoms with Gasteiger partial charge in [0.15, 0.2) is 5.75 Å². The summed E-state index contributed by atoms with van der Waals surface area (Å²) in [7, 11) is 0. The summed E-state index contributed by atoms with van der Waals surface area (Å²) in [5.74, 6) is 1.51. The summed E-state index contributed by atoms with van der Waals surface area (Å²) >= 11 is 0. The maximum absolute atomic E-state index is 12.4. The molecule has 0 bridgehead atoms. The SMILES string of the molecule is Cc1cccc(Oc2ccccc2NC(=O)C2CCCNC2)c1. The van der Waals surface area contributed by atoms with Gasteiger partial charge in [0.05, 0.1) is 11.6 Å². The molecule has 2 aromatic rings. The minimum absolute atomic E-state index is 0.0239. The van der Waals surface area contributed by atoms with Gasteiger partial charge in [-0.05, 0) is 56.1 Å². The second kappa shape index (κ2) is 7.29. The highest BCUT2D eigenvalue weighted by Gasteiger charge is 2.21. The molecule has 1 atom stereocenters. The van der Waals surface area contributed by atoms with E-state index < -0.39 is 0 Å². The van der Waals surface area contributed by atoms with Crippen LogP contribution in [0.25, 0.3) is 0 Å². The summed E-state index contributed by atoms with van der Waals surface area (Å²) in [6.07, 6.45) is 1.97. The molecular weight excluding hydrogens is 288 g/mol. The van der Waals surface area contributed by atoms with Crippen LogP contribution in [0.2, 0.25) is 0 Å². The summed E-state index contributed by atoms with van der Waals surface area (Å²) in [6.45, 7) is 3.76. The van der Waals surface area contributed by atoms with E-state index in [0.29, 0.717) is 11.4 Å². The Bertz CT molecular complexity index is 679. The number of hydrogen-bond acceptors (Lipinski definition) is 3. The van der Waals surface area contributed by atoms with Crippen LogP contribution in [0.1, 0.15) is 18.4 Å². The second-order valence-corrected chi connectivity index (χ2v) is 5.95. The molecule has 1 unspecified atom stereocenters. The average Bonchev–Trinajstić information content (AvgIpc) is 2.57. The third-order valence-electron chi connectivity index (χ3n) is 4.03. The highest BCUT2D eigenvalue weighted by Crippen LogP contribution is 2.30. The van der Waals surface area contributed by atoms with Gasteiger partial charge in [0, 0.05) is 6.54 Å². The largest absolute Gasteiger partial charge is 0.455 e. The van der Waals surface area contributed by atoms with E-state index in [9.17, 15) is 4.79 Å². The van der Waals surface area contributed by atoms with Crippen molar-refractivity contribution in [2.24, 2.45) is 5.92 Å². The third kappa shape index (κ3) is 4.11. The van der Waals surface area contributed by atoms with Gasteiger partial charge in [0.1, 0.15) is 5.75 Å². The van der Waals surface area contributed by atoms with Crippen molar-refractivity contribution in [3.63, 3.8) is 0 Å². The minimum atomic E-state index is 0.0239. The first-order valence-corrected chi connectivity index (χ1v) is 8.07. The number of ether oxygens (including phenoxy) is 1. The van der Waals surface area contributed by atoms with Crippen molar-refractivity contribution < 1.29 is 9.53 Å². The zero-order valence-corrected chi connectivity index (χ0v) is 13.3. The van der Waals surface area contributed by atoms with E-state index in [2.05, 4.69) is 10.6 Å². The van der Waals surface area contributed by atoms with Gasteiger partial charge in [-0.2, -0.15) is 0 Å². The van der Waals surface area contributed by atoms with Crippen LogP contribution >= 0.6 is 0 Å². The van der Waals surface area contributed by atoms with Crippen LogP contribution in [0.3, 0.4) is 0 Å². The van der Waals surface area contributed by atoms with Crippen LogP contribution in [-0.2, 0) is 4.79 Å². The van der Waals surface area contributed by atoms with Crippen LogP contribution in [-0.4, -0.2) is 19.0 Å².